The normalized spacial score (nSPS) is 34.9. The molecular formula is C45H61N3O5. The molecule has 0 saturated heterocycles. The number of fused-ring (bicyclic) bond motifs is 7. The van der Waals surface area contributed by atoms with E-state index in [-0.39, 0.29) is 58.3 Å². The molecule has 4 saturated carbocycles. The van der Waals surface area contributed by atoms with E-state index in [0.717, 1.165) is 68.9 Å². The molecule has 286 valence electrons. The molecule has 1 aromatic rings. The first-order valence-electron chi connectivity index (χ1n) is 20.0. The van der Waals surface area contributed by atoms with Crippen molar-refractivity contribution >= 4 is 29.6 Å². The van der Waals surface area contributed by atoms with Crippen molar-refractivity contribution in [2.75, 3.05) is 12.4 Å². The van der Waals surface area contributed by atoms with Gasteiger partial charge in [0.05, 0.1) is 18.1 Å². The number of aldehydes is 1. The van der Waals surface area contributed by atoms with E-state index in [9.17, 15) is 24.4 Å². The Morgan fingerprint density at radius 2 is 1.66 bits per heavy atom. The minimum absolute atomic E-state index is 0.0957. The smallest absolute Gasteiger partial charge is 0.307 e. The third-order valence-electron chi connectivity index (χ3n) is 15.1. The van der Waals surface area contributed by atoms with E-state index in [2.05, 4.69) is 58.2 Å². The second kappa shape index (κ2) is 13.8. The molecule has 2 N–H and O–H groups in total. The predicted molar refractivity (Wildman–Crippen MR) is 206 cm³/mol. The number of ether oxygens (including phenoxy) is 1. The van der Waals surface area contributed by atoms with Crippen LogP contribution >= 0.6 is 0 Å². The average Bonchev–Trinajstić information content (AvgIpc) is 3.41. The first kappa shape index (κ1) is 39.0. The zero-order chi connectivity index (χ0) is 38.7. The van der Waals surface area contributed by atoms with Crippen molar-refractivity contribution in [1.82, 2.24) is 5.32 Å². The van der Waals surface area contributed by atoms with E-state index in [4.69, 9.17) is 4.74 Å². The van der Waals surface area contributed by atoms with E-state index in [1.807, 2.05) is 7.05 Å². The minimum Gasteiger partial charge on any atom is -0.462 e. The molecule has 0 radical (unpaired) electrons. The second-order valence-corrected chi connectivity index (χ2v) is 19.3. The van der Waals surface area contributed by atoms with Crippen LogP contribution in [0.5, 0.6) is 0 Å². The van der Waals surface area contributed by atoms with Crippen LogP contribution in [0.4, 0.5) is 5.69 Å². The van der Waals surface area contributed by atoms with Gasteiger partial charge in [-0.1, -0.05) is 55.4 Å². The fraction of sp³-hybridized carbons (Fsp3) is 0.667. The number of hydrogen-bond acceptors (Lipinski definition) is 7. The molecule has 5 aliphatic carbocycles. The monoisotopic (exact) mass is 723 g/mol. The van der Waals surface area contributed by atoms with E-state index in [0.29, 0.717) is 35.4 Å². The van der Waals surface area contributed by atoms with Crippen LogP contribution in [0.1, 0.15) is 125 Å². The van der Waals surface area contributed by atoms with Crippen LogP contribution < -0.4 is 10.6 Å². The summed E-state index contributed by atoms with van der Waals surface area (Å²) >= 11 is 0. The van der Waals surface area contributed by atoms with Crippen molar-refractivity contribution in [2.24, 2.45) is 56.7 Å². The summed E-state index contributed by atoms with van der Waals surface area (Å²) in [5.74, 6) is 1.43. The van der Waals surface area contributed by atoms with Crippen LogP contribution in [0.25, 0.3) is 0 Å². The van der Waals surface area contributed by atoms with Gasteiger partial charge in [0.25, 0.3) is 0 Å². The first-order valence-corrected chi connectivity index (χ1v) is 20.0. The van der Waals surface area contributed by atoms with Crippen LogP contribution in [0.2, 0.25) is 0 Å². The maximum absolute atomic E-state index is 14.1. The highest BCUT2D eigenvalue weighted by atomic mass is 16.5. The van der Waals surface area contributed by atoms with Gasteiger partial charge < -0.3 is 20.2 Å². The zero-order valence-corrected chi connectivity index (χ0v) is 33.5. The number of esters is 1. The lowest BCUT2D eigenvalue weighted by Crippen LogP contribution is -2.63. The molecule has 0 heterocycles. The Morgan fingerprint density at radius 1 is 0.981 bits per heavy atom. The van der Waals surface area contributed by atoms with Gasteiger partial charge in [-0.3, -0.25) is 14.4 Å². The SMILES string of the molecule is CN/C(=C\C(=O)Nc1ccc(C#N)cc1)C12CCC3C(CC[C@H]4C3(C)CC[C@H]3C(C)(C)C(OC(=O)CC(C)(C)C=O)CCC34C)C1=C(C(C)C)C(=O)C2. The maximum Gasteiger partial charge on any atom is 0.307 e. The minimum atomic E-state index is -0.732. The van der Waals surface area contributed by atoms with Crippen LogP contribution in [-0.2, 0) is 23.9 Å². The van der Waals surface area contributed by atoms with E-state index in [1.54, 1.807) is 44.2 Å². The number of amides is 1. The molecule has 5 aliphatic rings. The van der Waals surface area contributed by atoms with Gasteiger partial charge in [-0.05, 0) is 127 Å². The Hall–Kier alpha value is -3.73. The molecule has 6 unspecified atom stereocenters. The molecule has 6 rings (SSSR count). The summed E-state index contributed by atoms with van der Waals surface area (Å²) in [6.07, 6.45) is 10.8. The lowest BCUT2D eigenvalue weighted by atomic mass is 9.36. The highest BCUT2D eigenvalue weighted by Crippen LogP contribution is 2.73. The van der Waals surface area contributed by atoms with Gasteiger partial charge in [0, 0.05) is 47.2 Å². The number of hydrogen-bond donors (Lipinski definition) is 2. The number of nitrogens with zero attached hydrogens (tertiary/aromatic N) is 1. The molecule has 4 fully saturated rings. The van der Waals surface area contributed by atoms with E-state index < -0.39 is 10.8 Å². The van der Waals surface area contributed by atoms with Gasteiger partial charge in [-0.15, -0.1) is 0 Å². The lowest BCUT2D eigenvalue weighted by Gasteiger charge is -2.69. The predicted octanol–water partition coefficient (Wildman–Crippen LogP) is 8.72. The topological polar surface area (TPSA) is 125 Å². The highest BCUT2D eigenvalue weighted by Gasteiger charge is 2.67. The number of carbonyl (C=O) groups excluding carboxylic acids is 4. The van der Waals surface area contributed by atoms with Crippen molar-refractivity contribution in [3.63, 3.8) is 0 Å². The van der Waals surface area contributed by atoms with Gasteiger partial charge in [-0.25, -0.2) is 0 Å². The Balaban J connectivity index is 1.29. The molecule has 8 nitrogen and oxygen atoms in total. The molecule has 0 aromatic heterocycles. The summed E-state index contributed by atoms with van der Waals surface area (Å²) in [5.41, 5.74) is 3.00. The van der Waals surface area contributed by atoms with Crippen molar-refractivity contribution in [3.05, 3.63) is 52.7 Å². The number of allylic oxidation sites excluding steroid dienone is 2. The van der Waals surface area contributed by atoms with Gasteiger partial charge in [0.2, 0.25) is 5.91 Å². The summed E-state index contributed by atoms with van der Waals surface area (Å²) in [7, 11) is 1.87. The van der Waals surface area contributed by atoms with Gasteiger partial charge >= 0.3 is 5.97 Å². The maximum atomic E-state index is 14.1. The fourth-order valence-corrected chi connectivity index (χ4v) is 12.8. The summed E-state index contributed by atoms with van der Waals surface area (Å²) in [6.45, 7) is 17.5. The number of nitriles is 1. The summed E-state index contributed by atoms with van der Waals surface area (Å²) < 4.78 is 6.20. The van der Waals surface area contributed by atoms with Crippen molar-refractivity contribution in [2.45, 2.75) is 126 Å². The number of rotatable bonds is 9. The third kappa shape index (κ3) is 6.48. The molecular weight excluding hydrogens is 663 g/mol. The summed E-state index contributed by atoms with van der Waals surface area (Å²) in [6, 6.07) is 8.96. The Kier molecular flexibility index (Phi) is 10.2. The van der Waals surface area contributed by atoms with Crippen LogP contribution in [0.15, 0.2) is 47.2 Å². The highest BCUT2D eigenvalue weighted by molar-refractivity contribution is 6.03. The molecule has 1 aromatic carbocycles. The number of anilines is 1. The Bertz CT molecular complexity index is 1760. The van der Waals surface area contributed by atoms with E-state index >= 15 is 0 Å². The molecule has 0 bridgehead atoms. The number of carbonyl (C=O) groups is 4. The standard InChI is InChI=1S/C45H61N3O5/c1-27(2)39-32(50)23-45(35(47-9)22-37(51)48-29-12-10-28(25-46)11-13-29)21-16-31-30(40(39)45)14-15-34-43(31,7)19-17-33-42(5,6)36(18-20-44(33,34)8)53-38(52)24-41(3,4)26-49/h10-13,22,26-27,30-31,33-34,36,47H,14-21,23-24H2,1-9H3,(H,48,51)/b35-22-/t30?,31?,33-,34-,36?,43?,44?,45?/m0/s1. The Labute approximate surface area is 317 Å². The van der Waals surface area contributed by atoms with Crippen LogP contribution in [-0.4, -0.2) is 37.1 Å². The number of benzene rings is 1. The number of ketones is 1. The van der Waals surface area contributed by atoms with Gasteiger partial charge in [-0.2, -0.15) is 5.26 Å². The molecule has 1 amide bonds. The van der Waals surface area contributed by atoms with Crippen molar-refractivity contribution < 1.29 is 23.9 Å². The van der Waals surface area contributed by atoms with Crippen LogP contribution in [0, 0.1) is 68.0 Å². The molecule has 0 aliphatic heterocycles. The number of nitrogens with one attached hydrogen (secondary N) is 2. The Morgan fingerprint density at radius 3 is 2.28 bits per heavy atom. The van der Waals surface area contributed by atoms with E-state index in [1.165, 1.54) is 5.57 Å². The molecule has 8 atom stereocenters. The molecule has 53 heavy (non-hydrogen) atoms. The van der Waals surface area contributed by atoms with Gasteiger partial charge in [0.1, 0.15) is 12.4 Å². The quantitative estimate of drug-likeness (QED) is 0.148. The second-order valence-electron chi connectivity index (χ2n) is 19.3. The van der Waals surface area contributed by atoms with Crippen molar-refractivity contribution in [1.29, 1.82) is 5.26 Å². The largest absolute Gasteiger partial charge is 0.462 e. The summed E-state index contributed by atoms with van der Waals surface area (Å²) in [5, 5.41) is 15.6. The van der Waals surface area contributed by atoms with Gasteiger partial charge in [0.15, 0.2) is 5.78 Å². The zero-order valence-electron chi connectivity index (χ0n) is 33.5. The summed E-state index contributed by atoms with van der Waals surface area (Å²) in [4.78, 5) is 52.2. The van der Waals surface area contributed by atoms with Crippen molar-refractivity contribution in [3.8, 4) is 6.07 Å². The molecule has 0 spiro atoms. The van der Waals surface area contributed by atoms with Crippen LogP contribution in [0.3, 0.4) is 0 Å². The lowest BCUT2D eigenvalue weighted by molar-refractivity contribution is -0.213. The number of Topliss-reactive ketones (excluding diaryl/α,β-unsaturated/α-hetero) is 1. The fourth-order valence-electron chi connectivity index (χ4n) is 12.8. The molecule has 8 heteroatoms. The first-order chi connectivity index (χ1) is 24.9. The average molecular weight is 724 g/mol. The third-order valence-corrected chi connectivity index (χ3v) is 15.1.